The molecule has 0 aliphatic heterocycles. The van der Waals surface area contributed by atoms with Gasteiger partial charge < -0.3 is 9.47 Å². The zero-order chi connectivity index (χ0) is 28.1. The van der Waals surface area contributed by atoms with Crippen LogP contribution in [0.15, 0.2) is 47.4 Å². The third-order valence-electron chi connectivity index (χ3n) is 5.97. The normalized spacial score (nSPS) is 11.9. The molecule has 0 aromatic heterocycles. The van der Waals surface area contributed by atoms with Crippen LogP contribution in [-0.4, -0.2) is 38.1 Å². The van der Waals surface area contributed by atoms with E-state index in [1.165, 1.54) is 6.07 Å². The van der Waals surface area contributed by atoms with Crippen LogP contribution in [0, 0.1) is 0 Å². The van der Waals surface area contributed by atoms with Crippen LogP contribution >= 0.6 is 0 Å². The van der Waals surface area contributed by atoms with E-state index in [4.69, 9.17) is 9.47 Å². The number of carbonyl (C=O) groups excluding carboxylic acids is 2. The predicted molar refractivity (Wildman–Crippen MR) is 151 cm³/mol. The minimum absolute atomic E-state index is 0.0812. The molecule has 8 heteroatoms. The summed E-state index contributed by atoms with van der Waals surface area (Å²) in [5, 5.41) is 0. The maximum atomic E-state index is 12.7. The van der Waals surface area contributed by atoms with Crippen molar-refractivity contribution in [3.63, 3.8) is 0 Å². The van der Waals surface area contributed by atoms with Crippen LogP contribution in [0.1, 0.15) is 124 Å². The standard InChI is InChI=1S/C30H46O7S/c1-3-5-7-9-11-13-15-17-19-23-36-29(31)27-22-21-26(38(33,34)35)25-28(27)30(32)37-24-20-18-16-14-12-10-8-6-4-2/h7-10,21-22,25H,3-6,11-20,23-24H2,1-2H3,(H,33,34,35)/b9-7+,10-8+. The summed E-state index contributed by atoms with van der Waals surface area (Å²) in [5.41, 5.74) is -0.313. The summed E-state index contributed by atoms with van der Waals surface area (Å²) in [4.78, 5) is 24.9. The first kappa shape index (κ1) is 33.6. The van der Waals surface area contributed by atoms with Crippen molar-refractivity contribution in [2.45, 2.75) is 109 Å². The summed E-state index contributed by atoms with van der Waals surface area (Å²) in [6.07, 6.45) is 22.7. The van der Waals surface area contributed by atoms with Gasteiger partial charge in [0.05, 0.1) is 29.2 Å². The Morgan fingerprint density at radius 3 is 1.61 bits per heavy atom. The molecule has 214 valence electrons. The van der Waals surface area contributed by atoms with Gasteiger partial charge in [-0.25, -0.2) is 9.59 Å². The van der Waals surface area contributed by atoms with E-state index in [1.807, 2.05) is 0 Å². The first-order chi connectivity index (χ1) is 18.3. The van der Waals surface area contributed by atoms with Crippen LogP contribution in [-0.2, 0) is 19.6 Å². The van der Waals surface area contributed by atoms with Crippen molar-refractivity contribution in [2.75, 3.05) is 13.2 Å². The highest BCUT2D eigenvalue weighted by atomic mass is 32.2. The monoisotopic (exact) mass is 550 g/mol. The van der Waals surface area contributed by atoms with E-state index >= 15 is 0 Å². The lowest BCUT2D eigenvalue weighted by atomic mass is 10.1. The summed E-state index contributed by atoms with van der Waals surface area (Å²) in [7, 11) is -4.55. The zero-order valence-electron chi connectivity index (χ0n) is 23.2. The van der Waals surface area contributed by atoms with Crippen molar-refractivity contribution in [1.29, 1.82) is 0 Å². The summed E-state index contributed by atoms with van der Waals surface area (Å²) in [5.74, 6) is -1.54. The van der Waals surface area contributed by atoms with Gasteiger partial charge in [-0.05, 0) is 69.6 Å². The largest absolute Gasteiger partial charge is 0.462 e. The van der Waals surface area contributed by atoms with Gasteiger partial charge in [0.15, 0.2) is 0 Å². The van der Waals surface area contributed by atoms with Crippen LogP contribution in [0.25, 0.3) is 0 Å². The first-order valence-corrected chi connectivity index (χ1v) is 15.5. The van der Waals surface area contributed by atoms with Crippen molar-refractivity contribution in [2.24, 2.45) is 0 Å². The van der Waals surface area contributed by atoms with Crippen molar-refractivity contribution < 1.29 is 32.0 Å². The van der Waals surface area contributed by atoms with Crippen LogP contribution < -0.4 is 0 Å². The molecule has 0 saturated heterocycles. The molecule has 0 spiro atoms. The molecule has 1 N–H and O–H groups in total. The SMILES string of the molecule is CCC/C=C/CCCCCCOC(=O)c1ccc(S(=O)(=O)O)cc1C(=O)OCCCCCC/C=C/CCC. The number of hydrogen-bond acceptors (Lipinski definition) is 6. The molecule has 38 heavy (non-hydrogen) atoms. The Morgan fingerprint density at radius 1 is 0.684 bits per heavy atom. The van der Waals surface area contributed by atoms with Gasteiger partial charge in [0.2, 0.25) is 0 Å². The number of unbranched alkanes of at least 4 members (excludes halogenated alkanes) is 10. The number of esters is 2. The number of ether oxygens (including phenoxy) is 2. The molecule has 0 saturated carbocycles. The van der Waals surface area contributed by atoms with Gasteiger partial charge in [-0.15, -0.1) is 0 Å². The quantitative estimate of drug-likeness (QED) is 0.0718. The van der Waals surface area contributed by atoms with Crippen LogP contribution in [0.5, 0.6) is 0 Å². The van der Waals surface area contributed by atoms with Gasteiger partial charge in [0.25, 0.3) is 10.1 Å². The Labute approximate surface area is 229 Å². The Morgan fingerprint density at radius 2 is 1.13 bits per heavy atom. The summed E-state index contributed by atoms with van der Waals surface area (Å²) < 4.78 is 43.2. The number of hydrogen-bond donors (Lipinski definition) is 1. The Hall–Kier alpha value is -2.45. The molecular formula is C30H46O7S. The second-order valence-electron chi connectivity index (χ2n) is 9.38. The highest BCUT2D eigenvalue weighted by Gasteiger charge is 2.23. The highest BCUT2D eigenvalue weighted by molar-refractivity contribution is 7.85. The van der Waals surface area contributed by atoms with E-state index in [9.17, 15) is 22.6 Å². The van der Waals surface area contributed by atoms with Gasteiger partial charge in [-0.2, -0.15) is 8.42 Å². The van der Waals surface area contributed by atoms with Gasteiger partial charge in [-0.1, -0.05) is 76.7 Å². The molecule has 1 aromatic rings. The predicted octanol–water partition coefficient (Wildman–Crippen LogP) is 7.86. The molecule has 0 aliphatic rings. The lowest BCUT2D eigenvalue weighted by molar-refractivity contribution is 0.0450. The van der Waals surface area contributed by atoms with E-state index in [0.717, 1.165) is 89.2 Å². The summed E-state index contributed by atoms with van der Waals surface area (Å²) in [6.45, 7) is 4.65. The third kappa shape index (κ3) is 15.1. The van der Waals surface area contributed by atoms with Crippen molar-refractivity contribution in [1.82, 2.24) is 0 Å². The molecule has 0 bridgehead atoms. The van der Waals surface area contributed by atoms with Crippen LogP contribution in [0.2, 0.25) is 0 Å². The van der Waals surface area contributed by atoms with E-state index in [-0.39, 0.29) is 24.3 Å². The fraction of sp³-hybridized carbons (Fsp3) is 0.600. The Balaban J connectivity index is 2.55. The molecule has 0 radical (unpaired) electrons. The van der Waals surface area contributed by atoms with Crippen LogP contribution in [0.4, 0.5) is 0 Å². The number of rotatable bonds is 21. The molecule has 0 heterocycles. The van der Waals surface area contributed by atoms with Gasteiger partial charge in [0.1, 0.15) is 0 Å². The summed E-state index contributed by atoms with van der Waals surface area (Å²) >= 11 is 0. The minimum atomic E-state index is -4.55. The van der Waals surface area contributed by atoms with Gasteiger partial charge >= 0.3 is 11.9 Å². The molecular weight excluding hydrogens is 504 g/mol. The number of allylic oxidation sites excluding steroid dienone is 4. The Bertz CT molecular complexity index is 980. The number of benzene rings is 1. The third-order valence-corrected chi connectivity index (χ3v) is 6.82. The van der Waals surface area contributed by atoms with E-state index in [0.29, 0.717) is 12.8 Å². The smallest absolute Gasteiger partial charge is 0.339 e. The maximum absolute atomic E-state index is 12.7. The zero-order valence-corrected chi connectivity index (χ0v) is 24.0. The number of carbonyl (C=O) groups is 2. The molecule has 1 rings (SSSR count). The highest BCUT2D eigenvalue weighted by Crippen LogP contribution is 2.19. The molecule has 0 aliphatic carbocycles. The molecule has 0 unspecified atom stereocenters. The molecule has 0 fully saturated rings. The fourth-order valence-electron chi connectivity index (χ4n) is 3.76. The summed E-state index contributed by atoms with van der Waals surface area (Å²) in [6, 6.07) is 3.21. The average Bonchev–Trinajstić information content (AvgIpc) is 2.89. The minimum Gasteiger partial charge on any atom is -0.462 e. The molecule has 1 aromatic carbocycles. The van der Waals surface area contributed by atoms with Crippen molar-refractivity contribution in [3.05, 3.63) is 53.6 Å². The molecule has 7 nitrogen and oxygen atoms in total. The fourth-order valence-corrected chi connectivity index (χ4v) is 4.26. The van der Waals surface area contributed by atoms with Gasteiger partial charge in [0, 0.05) is 0 Å². The average molecular weight is 551 g/mol. The Kier molecular flexibility index (Phi) is 18.1. The van der Waals surface area contributed by atoms with E-state index in [2.05, 4.69) is 38.2 Å². The lowest BCUT2D eigenvalue weighted by Crippen LogP contribution is -2.16. The molecule has 0 atom stereocenters. The van der Waals surface area contributed by atoms with E-state index < -0.39 is 27.0 Å². The topological polar surface area (TPSA) is 107 Å². The van der Waals surface area contributed by atoms with E-state index in [1.54, 1.807) is 0 Å². The second kappa shape index (κ2) is 20.5. The first-order valence-electron chi connectivity index (χ1n) is 14.1. The molecule has 0 amide bonds. The lowest BCUT2D eigenvalue weighted by Gasteiger charge is -2.11. The van der Waals surface area contributed by atoms with Crippen LogP contribution in [0.3, 0.4) is 0 Å². The second-order valence-corrected chi connectivity index (χ2v) is 10.8. The maximum Gasteiger partial charge on any atom is 0.339 e. The van der Waals surface area contributed by atoms with Crippen molar-refractivity contribution >= 4 is 22.1 Å². The van der Waals surface area contributed by atoms with Gasteiger partial charge in [-0.3, -0.25) is 4.55 Å². The van der Waals surface area contributed by atoms with Crippen molar-refractivity contribution in [3.8, 4) is 0 Å².